The standard InChI is InChI=1S/C23H30N4O5S/c1-15-18-10-9-17(33(3,30)31)13-19(18)25-23(24-15)26-11-6-7-16(14-26)21(28)27-12-5-4-8-20(27)22(29)32-2/h9-10,13,16,20H,4-8,11-12,14H2,1-3H3/t16-,20+/m1/s1. The Hall–Kier alpha value is -2.75. The van der Waals surface area contributed by atoms with Crippen molar-refractivity contribution in [3.8, 4) is 0 Å². The minimum absolute atomic E-state index is 0.0216. The fourth-order valence-corrected chi connectivity index (χ4v) is 5.44. The first kappa shape index (κ1) is 23.4. The maximum atomic E-state index is 13.4. The molecule has 2 aliphatic heterocycles. The lowest BCUT2D eigenvalue weighted by atomic mass is 9.93. The Morgan fingerprint density at radius 2 is 1.88 bits per heavy atom. The van der Waals surface area contributed by atoms with Crippen molar-refractivity contribution in [3.63, 3.8) is 0 Å². The molecule has 0 radical (unpaired) electrons. The number of fused-ring (bicyclic) bond motifs is 1. The Morgan fingerprint density at radius 3 is 2.61 bits per heavy atom. The molecule has 2 aromatic rings. The molecule has 33 heavy (non-hydrogen) atoms. The Morgan fingerprint density at radius 1 is 1.09 bits per heavy atom. The summed E-state index contributed by atoms with van der Waals surface area (Å²) in [5, 5.41) is 0.796. The number of aryl methyl sites for hydroxylation is 1. The van der Waals surface area contributed by atoms with Crippen molar-refractivity contribution in [1.82, 2.24) is 14.9 Å². The van der Waals surface area contributed by atoms with Gasteiger partial charge < -0.3 is 14.5 Å². The number of esters is 1. The molecule has 0 saturated carbocycles. The molecule has 1 aromatic carbocycles. The fourth-order valence-electron chi connectivity index (χ4n) is 4.80. The van der Waals surface area contributed by atoms with Gasteiger partial charge in [-0.2, -0.15) is 0 Å². The number of carbonyl (C=O) groups excluding carboxylic acids is 2. The SMILES string of the molecule is COC(=O)[C@@H]1CCCCN1C(=O)[C@@H]1CCCN(c2nc(C)c3ccc(S(C)(=O)=O)cc3n2)C1. The van der Waals surface area contributed by atoms with E-state index in [2.05, 4.69) is 9.97 Å². The van der Waals surface area contributed by atoms with Crippen LogP contribution in [0, 0.1) is 12.8 Å². The maximum absolute atomic E-state index is 13.4. The quantitative estimate of drug-likeness (QED) is 0.620. The van der Waals surface area contributed by atoms with Gasteiger partial charge in [0, 0.05) is 31.3 Å². The van der Waals surface area contributed by atoms with Crippen LogP contribution in [-0.4, -0.2) is 74.2 Å². The summed E-state index contributed by atoms with van der Waals surface area (Å²) in [7, 11) is -2.00. The summed E-state index contributed by atoms with van der Waals surface area (Å²) in [6, 6.07) is 4.36. The lowest BCUT2D eigenvalue weighted by molar-refractivity contribution is -0.156. The highest BCUT2D eigenvalue weighted by Gasteiger charge is 2.38. The number of sulfone groups is 1. The fraction of sp³-hybridized carbons (Fsp3) is 0.565. The summed E-state index contributed by atoms with van der Waals surface area (Å²) in [6.07, 6.45) is 5.13. The van der Waals surface area contributed by atoms with E-state index in [-0.39, 0.29) is 22.7 Å². The average molecular weight is 475 g/mol. The van der Waals surface area contributed by atoms with Gasteiger partial charge in [0.25, 0.3) is 0 Å². The van der Waals surface area contributed by atoms with Gasteiger partial charge in [0.1, 0.15) is 6.04 Å². The molecule has 0 N–H and O–H groups in total. The van der Waals surface area contributed by atoms with E-state index in [1.165, 1.54) is 13.4 Å². The van der Waals surface area contributed by atoms with Crippen molar-refractivity contribution < 1.29 is 22.7 Å². The number of rotatable bonds is 4. The summed E-state index contributed by atoms with van der Waals surface area (Å²) >= 11 is 0. The number of ether oxygens (including phenoxy) is 1. The Kier molecular flexibility index (Phi) is 6.56. The number of benzene rings is 1. The predicted octanol–water partition coefficient (Wildman–Crippen LogP) is 2.11. The number of anilines is 1. The second kappa shape index (κ2) is 9.24. The van der Waals surface area contributed by atoms with E-state index in [1.807, 2.05) is 11.8 Å². The van der Waals surface area contributed by atoms with E-state index in [0.29, 0.717) is 37.5 Å². The Labute approximate surface area is 194 Å². The highest BCUT2D eigenvalue weighted by atomic mass is 32.2. The van der Waals surface area contributed by atoms with Gasteiger partial charge in [0.2, 0.25) is 11.9 Å². The monoisotopic (exact) mass is 474 g/mol. The molecule has 0 aliphatic carbocycles. The van der Waals surface area contributed by atoms with Crippen LogP contribution in [0.2, 0.25) is 0 Å². The zero-order chi connectivity index (χ0) is 23.8. The number of carbonyl (C=O) groups is 2. The van der Waals surface area contributed by atoms with E-state index < -0.39 is 15.9 Å². The van der Waals surface area contributed by atoms with Gasteiger partial charge in [-0.3, -0.25) is 4.79 Å². The molecule has 1 amide bonds. The van der Waals surface area contributed by atoms with Crippen LogP contribution >= 0.6 is 0 Å². The molecule has 2 aliphatic rings. The molecular formula is C23H30N4O5S. The van der Waals surface area contributed by atoms with E-state index in [0.717, 1.165) is 36.8 Å². The van der Waals surface area contributed by atoms with Crippen molar-refractivity contribution in [2.45, 2.75) is 50.0 Å². The summed E-state index contributed by atoms with van der Waals surface area (Å²) in [5.41, 5.74) is 1.32. The molecule has 10 heteroatoms. The number of nitrogens with zero attached hydrogens (tertiary/aromatic N) is 4. The third-order valence-electron chi connectivity index (χ3n) is 6.59. The van der Waals surface area contributed by atoms with Gasteiger partial charge in [-0.15, -0.1) is 0 Å². The zero-order valence-electron chi connectivity index (χ0n) is 19.3. The van der Waals surface area contributed by atoms with Crippen molar-refractivity contribution in [2.75, 3.05) is 37.9 Å². The largest absolute Gasteiger partial charge is 0.467 e. The van der Waals surface area contributed by atoms with Crippen LogP contribution in [-0.2, 0) is 24.2 Å². The number of piperidine rings is 2. The van der Waals surface area contributed by atoms with E-state index in [9.17, 15) is 18.0 Å². The number of hydrogen-bond acceptors (Lipinski definition) is 8. The van der Waals surface area contributed by atoms with Gasteiger partial charge in [0.15, 0.2) is 9.84 Å². The first-order chi connectivity index (χ1) is 15.7. The van der Waals surface area contributed by atoms with Crippen molar-refractivity contribution in [1.29, 1.82) is 0 Å². The smallest absolute Gasteiger partial charge is 0.328 e. The second-order valence-corrected chi connectivity index (χ2v) is 10.9. The molecule has 0 bridgehead atoms. The van der Waals surface area contributed by atoms with Crippen LogP contribution in [0.5, 0.6) is 0 Å². The molecule has 2 saturated heterocycles. The third kappa shape index (κ3) is 4.80. The van der Waals surface area contributed by atoms with Gasteiger partial charge in [-0.1, -0.05) is 0 Å². The van der Waals surface area contributed by atoms with Crippen molar-refractivity contribution >= 4 is 38.6 Å². The number of amides is 1. The number of hydrogen-bond donors (Lipinski definition) is 0. The predicted molar refractivity (Wildman–Crippen MR) is 124 cm³/mol. The number of aromatic nitrogens is 2. The summed E-state index contributed by atoms with van der Waals surface area (Å²) in [4.78, 5) is 38.8. The van der Waals surface area contributed by atoms with Gasteiger partial charge in [-0.05, 0) is 57.2 Å². The van der Waals surface area contributed by atoms with Crippen LogP contribution < -0.4 is 4.90 Å². The lowest BCUT2D eigenvalue weighted by Gasteiger charge is -2.39. The number of likely N-dealkylation sites (tertiary alicyclic amines) is 1. The molecule has 0 spiro atoms. The van der Waals surface area contributed by atoms with Gasteiger partial charge in [-0.25, -0.2) is 23.2 Å². The third-order valence-corrected chi connectivity index (χ3v) is 7.70. The minimum Gasteiger partial charge on any atom is -0.467 e. The molecule has 2 fully saturated rings. The minimum atomic E-state index is -3.35. The molecule has 1 aromatic heterocycles. The summed E-state index contributed by atoms with van der Waals surface area (Å²) in [6.45, 7) is 3.60. The van der Waals surface area contributed by atoms with Gasteiger partial charge in [0.05, 0.1) is 29.1 Å². The highest BCUT2D eigenvalue weighted by molar-refractivity contribution is 7.90. The van der Waals surface area contributed by atoms with Crippen molar-refractivity contribution in [3.05, 3.63) is 23.9 Å². The molecular weight excluding hydrogens is 444 g/mol. The molecule has 0 unspecified atom stereocenters. The average Bonchev–Trinajstić information content (AvgIpc) is 2.82. The van der Waals surface area contributed by atoms with E-state index in [4.69, 9.17) is 4.74 Å². The lowest BCUT2D eigenvalue weighted by Crippen LogP contribution is -2.53. The molecule has 9 nitrogen and oxygen atoms in total. The van der Waals surface area contributed by atoms with Gasteiger partial charge >= 0.3 is 5.97 Å². The Bertz CT molecular complexity index is 1180. The summed E-state index contributed by atoms with van der Waals surface area (Å²) < 4.78 is 28.9. The van der Waals surface area contributed by atoms with Crippen LogP contribution in [0.1, 0.15) is 37.8 Å². The molecule has 3 heterocycles. The van der Waals surface area contributed by atoms with Crippen LogP contribution in [0.15, 0.2) is 23.1 Å². The van der Waals surface area contributed by atoms with Crippen LogP contribution in [0.4, 0.5) is 5.95 Å². The van der Waals surface area contributed by atoms with Crippen molar-refractivity contribution in [2.24, 2.45) is 5.92 Å². The first-order valence-corrected chi connectivity index (χ1v) is 13.2. The number of methoxy groups -OCH3 is 1. The van der Waals surface area contributed by atoms with Crippen LogP contribution in [0.3, 0.4) is 0 Å². The first-order valence-electron chi connectivity index (χ1n) is 11.3. The zero-order valence-corrected chi connectivity index (χ0v) is 20.1. The Balaban J connectivity index is 1.59. The normalized spacial score (nSPS) is 21.8. The molecule has 4 rings (SSSR count). The molecule has 2 atom stereocenters. The topological polar surface area (TPSA) is 110 Å². The molecule has 178 valence electrons. The van der Waals surface area contributed by atoms with E-state index >= 15 is 0 Å². The van der Waals surface area contributed by atoms with Crippen LogP contribution in [0.25, 0.3) is 10.9 Å². The highest BCUT2D eigenvalue weighted by Crippen LogP contribution is 2.28. The summed E-state index contributed by atoms with van der Waals surface area (Å²) in [5.74, 6) is -0.144. The maximum Gasteiger partial charge on any atom is 0.328 e. The van der Waals surface area contributed by atoms with E-state index in [1.54, 1.807) is 23.1 Å². The second-order valence-electron chi connectivity index (χ2n) is 8.91.